The molecule has 2 heterocycles. The van der Waals surface area contributed by atoms with E-state index in [9.17, 15) is 13.6 Å². The molecule has 0 saturated carbocycles. The van der Waals surface area contributed by atoms with Gasteiger partial charge in [0.2, 0.25) is 0 Å². The van der Waals surface area contributed by atoms with E-state index in [4.69, 9.17) is 4.74 Å². The van der Waals surface area contributed by atoms with Crippen LogP contribution in [0.2, 0.25) is 0 Å². The van der Waals surface area contributed by atoms with Crippen molar-refractivity contribution >= 4 is 6.03 Å². The third kappa shape index (κ3) is 3.76. The summed E-state index contributed by atoms with van der Waals surface area (Å²) in [7, 11) is 1.62. The Morgan fingerprint density at radius 3 is 2.69 bits per heavy atom. The predicted octanol–water partition coefficient (Wildman–Crippen LogP) is 3.59. The number of carbonyl (C=O) groups is 1. The normalized spacial score (nSPS) is 15.0. The summed E-state index contributed by atoms with van der Waals surface area (Å²) in [5.41, 5.74) is 2.01. The van der Waals surface area contributed by atoms with E-state index in [-0.39, 0.29) is 11.6 Å². The van der Waals surface area contributed by atoms with E-state index in [1.165, 1.54) is 0 Å². The molecule has 0 bridgehead atoms. The van der Waals surface area contributed by atoms with Crippen molar-refractivity contribution in [1.82, 2.24) is 15.2 Å². The van der Waals surface area contributed by atoms with Crippen LogP contribution in [0.15, 0.2) is 30.6 Å². The number of nitrogens with one attached hydrogen (secondary N) is 1. The second-order valence-corrected chi connectivity index (χ2v) is 6.35. The van der Waals surface area contributed by atoms with Gasteiger partial charge in [0.25, 0.3) is 0 Å². The topological polar surface area (TPSA) is 54.5 Å². The van der Waals surface area contributed by atoms with E-state index in [1.807, 2.05) is 18.2 Å². The van der Waals surface area contributed by atoms with Crippen molar-refractivity contribution in [2.45, 2.75) is 32.4 Å². The number of nitrogens with zero attached hydrogens (tertiary/aromatic N) is 2. The number of hydrogen-bond acceptors (Lipinski definition) is 3. The fraction of sp³-hybridized carbons (Fsp3) is 0.368. The Bertz CT molecular complexity index is 793. The molecule has 0 spiro atoms. The number of benzene rings is 1. The zero-order valence-corrected chi connectivity index (χ0v) is 14.8. The Morgan fingerprint density at radius 2 is 2.00 bits per heavy atom. The molecule has 2 aromatic rings. The fourth-order valence-corrected chi connectivity index (χ4v) is 3.22. The number of aromatic nitrogens is 1. The van der Waals surface area contributed by atoms with Gasteiger partial charge in [-0.05, 0) is 43.0 Å². The van der Waals surface area contributed by atoms with Crippen LogP contribution in [0.3, 0.4) is 0 Å². The Kier molecular flexibility index (Phi) is 5.35. The van der Waals surface area contributed by atoms with Crippen molar-refractivity contribution in [1.29, 1.82) is 0 Å². The van der Waals surface area contributed by atoms with E-state index in [0.717, 1.165) is 42.1 Å². The molecule has 1 aliphatic rings. The van der Waals surface area contributed by atoms with Gasteiger partial charge in [0, 0.05) is 18.7 Å². The number of hydrogen-bond donors (Lipinski definition) is 1. The van der Waals surface area contributed by atoms with Crippen molar-refractivity contribution < 1.29 is 18.3 Å². The maximum absolute atomic E-state index is 13.8. The summed E-state index contributed by atoms with van der Waals surface area (Å²) in [6.45, 7) is 2.56. The number of rotatable bonds is 3. The summed E-state index contributed by atoms with van der Waals surface area (Å²) >= 11 is 0. The standard InChI is InChI=1S/C19H21F2N3O2/c1-12(18-16(20)9-22-10-17(18)21)23-19(25)24-7-3-4-13-8-15(26-2)6-5-14(13)11-24/h5-6,8-10,12H,3-4,7,11H2,1-2H3,(H,23,25). The van der Waals surface area contributed by atoms with Gasteiger partial charge in [0.05, 0.1) is 25.5 Å². The molecular weight excluding hydrogens is 340 g/mol. The summed E-state index contributed by atoms with van der Waals surface area (Å²) in [5.74, 6) is -0.754. The lowest BCUT2D eigenvalue weighted by Crippen LogP contribution is -2.41. The zero-order chi connectivity index (χ0) is 18.7. The molecule has 1 atom stereocenters. The molecule has 1 unspecified atom stereocenters. The molecule has 0 fully saturated rings. The number of fused-ring (bicyclic) bond motifs is 1. The monoisotopic (exact) mass is 361 g/mol. The van der Waals surface area contributed by atoms with Crippen molar-refractivity contribution in [2.75, 3.05) is 13.7 Å². The minimum Gasteiger partial charge on any atom is -0.497 e. The molecule has 26 heavy (non-hydrogen) atoms. The summed E-state index contributed by atoms with van der Waals surface area (Å²) in [4.78, 5) is 17.7. The largest absolute Gasteiger partial charge is 0.497 e. The average molecular weight is 361 g/mol. The second kappa shape index (κ2) is 7.68. The smallest absolute Gasteiger partial charge is 0.318 e. The maximum Gasteiger partial charge on any atom is 0.318 e. The van der Waals surface area contributed by atoms with E-state index in [0.29, 0.717) is 13.1 Å². The number of halogens is 2. The van der Waals surface area contributed by atoms with Crippen LogP contribution < -0.4 is 10.1 Å². The average Bonchev–Trinajstić information content (AvgIpc) is 2.83. The maximum atomic E-state index is 13.8. The minimum atomic E-state index is -0.802. The number of ether oxygens (including phenoxy) is 1. The van der Waals surface area contributed by atoms with Gasteiger partial charge in [-0.1, -0.05) is 6.07 Å². The van der Waals surface area contributed by atoms with Gasteiger partial charge >= 0.3 is 6.03 Å². The van der Waals surface area contributed by atoms with E-state index in [1.54, 1.807) is 18.9 Å². The van der Waals surface area contributed by atoms with Crippen molar-refractivity contribution in [3.8, 4) is 5.75 Å². The molecule has 1 aliphatic heterocycles. The van der Waals surface area contributed by atoms with Crippen molar-refractivity contribution in [2.24, 2.45) is 0 Å². The Hall–Kier alpha value is -2.70. The van der Waals surface area contributed by atoms with Crippen molar-refractivity contribution in [3.63, 3.8) is 0 Å². The lowest BCUT2D eigenvalue weighted by atomic mass is 10.0. The molecule has 2 amide bonds. The van der Waals surface area contributed by atoms with E-state index in [2.05, 4.69) is 10.3 Å². The van der Waals surface area contributed by atoms with Gasteiger partial charge in [-0.2, -0.15) is 0 Å². The summed E-state index contributed by atoms with van der Waals surface area (Å²) in [5, 5.41) is 2.68. The van der Waals surface area contributed by atoms with Crippen molar-refractivity contribution in [3.05, 3.63) is 58.9 Å². The van der Waals surface area contributed by atoms with Crippen LogP contribution in [0, 0.1) is 11.6 Å². The molecule has 1 aromatic carbocycles. The number of methoxy groups -OCH3 is 1. The highest BCUT2D eigenvalue weighted by atomic mass is 19.1. The SMILES string of the molecule is COc1ccc2c(c1)CCCN(C(=O)NC(C)c1c(F)cncc1F)C2. The lowest BCUT2D eigenvalue weighted by molar-refractivity contribution is 0.192. The van der Waals surface area contributed by atoms with Gasteiger partial charge in [-0.15, -0.1) is 0 Å². The first kappa shape index (κ1) is 18.1. The molecule has 1 N–H and O–H groups in total. The van der Waals surface area contributed by atoms with Gasteiger partial charge < -0.3 is 15.0 Å². The first-order chi connectivity index (χ1) is 12.5. The summed E-state index contributed by atoms with van der Waals surface area (Å²) in [6, 6.07) is 4.65. The quantitative estimate of drug-likeness (QED) is 0.909. The molecule has 0 aliphatic carbocycles. The number of carbonyl (C=O) groups excluding carboxylic acids is 1. The molecule has 0 radical (unpaired) electrons. The van der Waals surface area contributed by atoms with Crippen LogP contribution in [0.1, 0.15) is 36.1 Å². The fourth-order valence-electron chi connectivity index (χ4n) is 3.22. The zero-order valence-electron chi connectivity index (χ0n) is 14.8. The lowest BCUT2D eigenvalue weighted by Gasteiger charge is -2.24. The van der Waals surface area contributed by atoms with Crippen LogP contribution in [-0.4, -0.2) is 29.6 Å². The van der Waals surface area contributed by atoms with Crippen LogP contribution in [-0.2, 0) is 13.0 Å². The van der Waals surface area contributed by atoms with Gasteiger partial charge in [-0.3, -0.25) is 4.98 Å². The highest BCUT2D eigenvalue weighted by molar-refractivity contribution is 5.75. The van der Waals surface area contributed by atoms with Crippen LogP contribution in [0.25, 0.3) is 0 Å². The molecule has 7 heteroatoms. The molecule has 0 saturated heterocycles. The third-order valence-electron chi connectivity index (χ3n) is 4.60. The summed E-state index contributed by atoms with van der Waals surface area (Å²) < 4.78 is 32.9. The molecular formula is C19H21F2N3O2. The van der Waals surface area contributed by atoms with E-state index >= 15 is 0 Å². The first-order valence-electron chi connectivity index (χ1n) is 8.49. The Balaban J connectivity index is 1.73. The van der Waals surface area contributed by atoms with Gasteiger partial charge in [0.1, 0.15) is 17.4 Å². The number of amides is 2. The number of urea groups is 1. The van der Waals surface area contributed by atoms with Gasteiger partial charge in [0.15, 0.2) is 0 Å². The third-order valence-corrected chi connectivity index (χ3v) is 4.60. The highest BCUT2D eigenvalue weighted by Crippen LogP contribution is 2.24. The van der Waals surface area contributed by atoms with Crippen LogP contribution in [0.4, 0.5) is 13.6 Å². The molecule has 5 nitrogen and oxygen atoms in total. The minimum absolute atomic E-state index is 0.187. The highest BCUT2D eigenvalue weighted by Gasteiger charge is 2.23. The predicted molar refractivity (Wildman–Crippen MR) is 92.8 cm³/mol. The van der Waals surface area contributed by atoms with E-state index < -0.39 is 17.7 Å². The number of aryl methyl sites for hydroxylation is 1. The molecule has 138 valence electrons. The Morgan fingerprint density at radius 1 is 1.27 bits per heavy atom. The second-order valence-electron chi connectivity index (χ2n) is 6.35. The Labute approximate surface area is 151 Å². The number of pyridine rings is 1. The first-order valence-corrected chi connectivity index (χ1v) is 8.49. The molecule has 1 aromatic heterocycles. The molecule has 3 rings (SSSR count). The summed E-state index contributed by atoms with van der Waals surface area (Å²) in [6.07, 6.45) is 3.53. The van der Waals surface area contributed by atoms with Crippen LogP contribution >= 0.6 is 0 Å². The van der Waals surface area contributed by atoms with Crippen LogP contribution in [0.5, 0.6) is 5.75 Å². The van der Waals surface area contributed by atoms with Gasteiger partial charge in [-0.25, -0.2) is 13.6 Å².